The Kier molecular flexibility index (Phi) is 10.2. The lowest BCUT2D eigenvalue weighted by molar-refractivity contribution is -0.122. The number of hydrogen-bond acceptors (Lipinski definition) is 7. The largest absolute Gasteiger partial charge is 0.299 e. The first-order valence-electron chi connectivity index (χ1n) is 10.9. The normalized spacial score (nSPS) is 12.4. The van der Waals surface area contributed by atoms with Crippen molar-refractivity contribution < 1.29 is 9.59 Å². The van der Waals surface area contributed by atoms with E-state index in [2.05, 4.69) is 33.3 Å². The van der Waals surface area contributed by atoms with Gasteiger partial charge in [-0.2, -0.15) is 12.6 Å². The lowest BCUT2D eigenvalue weighted by Crippen LogP contribution is -2.10. The summed E-state index contributed by atoms with van der Waals surface area (Å²) in [6.45, 7) is 7.24. The topological polar surface area (TPSA) is 95.6 Å². The number of carbonyl (C=O) groups is 2. The molecule has 2 aromatic heterocycles. The third-order valence-corrected chi connectivity index (χ3v) is 5.33. The molecule has 0 radical (unpaired) electrons. The highest BCUT2D eigenvalue weighted by Gasteiger charge is 2.09. The van der Waals surface area contributed by atoms with Crippen molar-refractivity contribution in [3.05, 3.63) is 23.8 Å². The Morgan fingerprint density at radius 3 is 1.73 bits per heavy atom. The van der Waals surface area contributed by atoms with Crippen LogP contribution in [0.15, 0.2) is 12.4 Å². The van der Waals surface area contributed by atoms with Crippen LogP contribution >= 0.6 is 12.6 Å². The van der Waals surface area contributed by atoms with Gasteiger partial charge in [0.05, 0.1) is 16.6 Å². The van der Waals surface area contributed by atoms with Gasteiger partial charge in [-0.3, -0.25) is 19.0 Å². The molecular weight excluding hydrogens is 400 g/mol. The van der Waals surface area contributed by atoms with Gasteiger partial charge < -0.3 is 0 Å². The SMILES string of the molecule is CC(C)C(=O)CCCCn1cc(CCc2cn(CCCCC(=O)C(C)S)nn2)nn1. The third-order valence-electron chi connectivity index (χ3n) is 5.04. The van der Waals surface area contributed by atoms with Crippen molar-refractivity contribution in [3.63, 3.8) is 0 Å². The Labute approximate surface area is 184 Å². The number of ketones is 2. The zero-order chi connectivity index (χ0) is 21.9. The fraction of sp³-hybridized carbons (Fsp3) is 0.714. The molecule has 0 aliphatic rings. The van der Waals surface area contributed by atoms with Gasteiger partial charge in [-0.05, 0) is 45.4 Å². The second-order valence-corrected chi connectivity index (χ2v) is 8.90. The number of rotatable bonds is 15. The summed E-state index contributed by atoms with van der Waals surface area (Å²) < 4.78 is 3.68. The minimum absolute atomic E-state index is 0.118. The molecule has 2 rings (SSSR count). The second kappa shape index (κ2) is 12.6. The summed E-state index contributed by atoms with van der Waals surface area (Å²) in [5.41, 5.74) is 1.86. The molecule has 2 aromatic rings. The number of unbranched alkanes of at least 4 members (excludes halogenated alkanes) is 2. The molecule has 9 heteroatoms. The van der Waals surface area contributed by atoms with Crippen molar-refractivity contribution in [2.75, 3.05) is 0 Å². The predicted molar refractivity (Wildman–Crippen MR) is 118 cm³/mol. The van der Waals surface area contributed by atoms with Crippen LogP contribution in [0.5, 0.6) is 0 Å². The number of aryl methyl sites for hydroxylation is 4. The molecule has 8 nitrogen and oxygen atoms in total. The molecular formula is C21H34N6O2S. The number of aromatic nitrogens is 6. The summed E-state index contributed by atoms with van der Waals surface area (Å²) in [7, 11) is 0. The molecule has 0 aromatic carbocycles. The van der Waals surface area contributed by atoms with E-state index in [1.807, 2.05) is 42.5 Å². The quantitative estimate of drug-likeness (QED) is 0.342. The fourth-order valence-electron chi connectivity index (χ4n) is 3.02. The number of carbonyl (C=O) groups excluding carboxylic acids is 2. The van der Waals surface area contributed by atoms with E-state index in [1.165, 1.54) is 0 Å². The Morgan fingerprint density at radius 2 is 1.30 bits per heavy atom. The Balaban J connectivity index is 1.64. The highest BCUT2D eigenvalue weighted by atomic mass is 32.1. The van der Waals surface area contributed by atoms with Crippen LogP contribution < -0.4 is 0 Å². The first-order chi connectivity index (χ1) is 14.3. The van der Waals surface area contributed by atoms with Gasteiger partial charge in [0.15, 0.2) is 0 Å². The van der Waals surface area contributed by atoms with Gasteiger partial charge in [0.1, 0.15) is 11.6 Å². The van der Waals surface area contributed by atoms with E-state index in [-0.39, 0.29) is 17.0 Å². The summed E-state index contributed by atoms with van der Waals surface area (Å²) in [5.74, 6) is 0.629. The first kappa shape index (κ1) is 24.2. The predicted octanol–water partition coefficient (Wildman–Crippen LogP) is 3.11. The van der Waals surface area contributed by atoms with Crippen LogP contribution in [-0.4, -0.2) is 46.8 Å². The minimum Gasteiger partial charge on any atom is -0.299 e. The van der Waals surface area contributed by atoms with E-state index in [9.17, 15) is 9.59 Å². The maximum atomic E-state index is 11.6. The van der Waals surface area contributed by atoms with Crippen LogP contribution in [0, 0.1) is 5.92 Å². The van der Waals surface area contributed by atoms with Crippen LogP contribution in [0.2, 0.25) is 0 Å². The molecule has 0 fully saturated rings. The molecule has 0 aliphatic carbocycles. The van der Waals surface area contributed by atoms with E-state index >= 15 is 0 Å². The van der Waals surface area contributed by atoms with Gasteiger partial charge in [0.25, 0.3) is 0 Å². The van der Waals surface area contributed by atoms with Crippen LogP contribution in [0.1, 0.15) is 70.7 Å². The zero-order valence-corrected chi connectivity index (χ0v) is 19.2. The lowest BCUT2D eigenvalue weighted by atomic mass is 10.0. The van der Waals surface area contributed by atoms with Crippen molar-refractivity contribution in [1.82, 2.24) is 30.0 Å². The molecule has 166 valence electrons. The molecule has 0 spiro atoms. The molecule has 0 N–H and O–H groups in total. The average Bonchev–Trinajstić information content (AvgIpc) is 3.35. The molecule has 0 amide bonds. The number of Topliss-reactive ketones (excluding diaryl/α,β-unsaturated/α-hetero) is 2. The molecule has 0 saturated heterocycles. The number of hydrogen-bond donors (Lipinski definition) is 1. The van der Waals surface area contributed by atoms with Gasteiger partial charge in [0.2, 0.25) is 0 Å². The minimum atomic E-state index is -0.185. The first-order valence-corrected chi connectivity index (χ1v) is 11.4. The van der Waals surface area contributed by atoms with Crippen molar-refractivity contribution in [2.24, 2.45) is 5.92 Å². The zero-order valence-electron chi connectivity index (χ0n) is 18.3. The summed E-state index contributed by atoms with van der Waals surface area (Å²) in [4.78, 5) is 23.2. The van der Waals surface area contributed by atoms with Crippen LogP contribution in [0.3, 0.4) is 0 Å². The van der Waals surface area contributed by atoms with Gasteiger partial charge in [-0.15, -0.1) is 10.2 Å². The van der Waals surface area contributed by atoms with Gasteiger partial charge in [-0.1, -0.05) is 24.3 Å². The van der Waals surface area contributed by atoms with Gasteiger partial charge >= 0.3 is 0 Å². The number of nitrogens with zero attached hydrogens (tertiary/aromatic N) is 6. The second-order valence-electron chi connectivity index (χ2n) is 8.12. The Bertz CT molecular complexity index is 733. The molecule has 2 heterocycles. The van der Waals surface area contributed by atoms with Crippen LogP contribution in [0.4, 0.5) is 0 Å². The van der Waals surface area contributed by atoms with E-state index in [0.717, 1.165) is 63.0 Å². The molecule has 1 atom stereocenters. The Hall–Kier alpha value is -2.03. The fourth-order valence-corrected chi connectivity index (χ4v) is 3.15. The van der Waals surface area contributed by atoms with Crippen molar-refractivity contribution in [2.45, 2.75) is 90.5 Å². The number of thiol groups is 1. The van der Waals surface area contributed by atoms with E-state index < -0.39 is 0 Å². The lowest BCUT2D eigenvalue weighted by Gasteiger charge is -2.03. The van der Waals surface area contributed by atoms with E-state index in [0.29, 0.717) is 18.6 Å². The summed E-state index contributed by atoms with van der Waals surface area (Å²) in [6, 6.07) is 0. The summed E-state index contributed by atoms with van der Waals surface area (Å²) in [5, 5.41) is 16.6. The van der Waals surface area contributed by atoms with E-state index in [1.54, 1.807) is 0 Å². The molecule has 0 aliphatic heterocycles. The molecule has 0 saturated carbocycles. The summed E-state index contributed by atoms with van der Waals surface area (Å²) >= 11 is 4.16. The average molecular weight is 435 g/mol. The maximum absolute atomic E-state index is 11.6. The third kappa shape index (κ3) is 8.77. The molecule has 0 bridgehead atoms. The van der Waals surface area contributed by atoms with Crippen LogP contribution in [0.25, 0.3) is 0 Å². The monoisotopic (exact) mass is 434 g/mol. The van der Waals surface area contributed by atoms with Gasteiger partial charge in [-0.25, -0.2) is 0 Å². The highest BCUT2D eigenvalue weighted by Crippen LogP contribution is 2.08. The molecule has 30 heavy (non-hydrogen) atoms. The summed E-state index contributed by atoms with van der Waals surface area (Å²) in [6.07, 6.45) is 10.2. The van der Waals surface area contributed by atoms with Gasteiger partial charge in [0, 0.05) is 44.2 Å². The Morgan fingerprint density at radius 1 is 0.833 bits per heavy atom. The van der Waals surface area contributed by atoms with Crippen LogP contribution in [-0.2, 0) is 35.5 Å². The van der Waals surface area contributed by atoms with E-state index in [4.69, 9.17) is 0 Å². The maximum Gasteiger partial charge on any atom is 0.145 e. The standard InChI is InChI=1S/C21H34N6O2S/c1-16(2)20(28)8-4-6-12-26-14-18(22-24-26)10-11-19-15-27(25-23-19)13-7-5-9-21(29)17(3)30/h14-17,30H,4-13H2,1-3H3. The highest BCUT2D eigenvalue weighted by molar-refractivity contribution is 7.81. The van der Waals surface area contributed by atoms with Crippen molar-refractivity contribution in [3.8, 4) is 0 Å². The smallest absolute Gasteiger partial charge is 0.145 e. The van der Waals surface area contributed by atoms with Crippen molar-refractivity contribution in [1.29, 1.82) is 0 Å². The molecule has 1 unspecified atom stereocenters. The van der Waals surface area contributed by atoms with Crippen molar-refractivity contribution >= 4 is 24.2 Å².